The third-order valence-corrected chi connectivity index (χ3v) is 1.82. The van der Waals surface area contributed by atoms with Gasteiger partial charge >= 0.3 is 0 Å². The van der Waals surface area contributed by atoms with Gasteiger partial charge in [0.1, 0.15) is 0 Å². The summed E-state index contributed by atoms with van der Waals surface area (Å²) in [6, 6.07) is 0. The van der Waals surface area contributed by atoms with Crippen molar-refractivity contribution in [2.45, 2.75) is 32.2 Å². The largest absolute Gasteiger partial charge is 0.342 e. The monoisotopic (exact) mass is 139 g/mol. The highest BCUT2D eigenvalue weighted by atomic mass is 16.1. The fourth-order valence-electron chi connectivity index (χ4n) is 0.813. The third kappa shape index (κ3) is 1.77. The van der Waals surface area contributed by atoms with E-state index >= 15 is 0 Å². The van der Waals surface area contributed by atoms with E-state index < -0.39 is 5.54 Å². The van der Waals surface area contributed by atoms with Gasteiger partial charge in [-0.05, 0) is 12.8 Å². The summed E-state index contributed by atoms with van der Waals surface area (Å²) in [7, 11) is 0. The number of carbonyl (C=O) groups excluding carboxylic acids is 1. The van der Waals surface area contributed by atoms with Gasteiger partial charge in [0.25, 0.3) is 0 Å². The first-order chi connectivity index (χ1) is 4.74. The molecule has 2 heteroatoms. The fourth-order valence-corrected chi connectivity index (χ4v) is 0.813. The second-order valence-electron chi connectivity index (χ2n) is 2.20. The van der Waals surface area contributed by atoms with Gasteiger partial charge in [-0.2, -0.15) is 0 Å². The number of terminal acetylenes is 1. The van der Waals surface area contributed by atoms with E-state index in [1.807, 2.05) is 13.8 Å². The maximum absolute atomic E-state index is 10.1. The Kier molecular flexibility index (Phi) is 3.56. The second-order valence-corrected chi connectivity index (χ2v) is 2.20. The van der Waals surface area contributed by atoms with E-state index in [1.165, 1.54) is 0 Å². The number of carbonyl (C=O) groups is 1. The van der Waals surface area contributed by atoms with Gasteiger partial charge in [-0.1, -0.05) is 19.8 Å². The van der Waals surface area contributed by atoms with Crippen molar-refractivity contribution in [3.05, 3.63) is 0 Å². The number of amides is 1. The zero-order valence-corrected chi connectivity index (χ0v) is 6.48. The minimum atomic E-state index is -0.415. The molecule has 1 N–H and O–H groups in total. The Labute approximate surface area is 62.0 Å². The molecule has 0 aromatic carbocycles. The normalized spacial score (nSPS) is 10.1. The molecule has 0 heterocycles. The average Bonchev–Trinajstić information content (AvgIpc) is 2.01. The van der Waals surface area contributed by atoms with E-state index in [4.69, 9.17) is 6.42 Å². The van der Waals surface area contributed by atoms with Crippen LogP contribution in [0.3, 0.4) is 0 Å². The molecule has 0 spiro atoms. The molecule has 0 aliphatic rings. The molecule has 0 aromatic heterocycles. The van der Waals surface area contributed by atoms with Crippen LogP contribution in [0.15, 0.2) is 0 Å². The molecule has 0 saturated carbocycles. The van der Waals surface area contributed by atoms with Crippen molar-refractivity contribution in [1.82, 2.24) is 5.32 Å². The Morgan fingerprint density at radius 1 is 1.60 bits per heavy atom. The van der Waals surface area contributed by atoms with E-state index in [0.717, 1.165) is 12.8 Å². The van der Waals surface area contributed by atoms with E-state index in [0.29, 0.717) is 6.41 Å². The summed E-state index contributed by atoms with van der Waals surface area (Å²) in [5.74, 6) is 2.57. The van der Waals surface area contributed by atoms with Crippen molar-refractivity contribution in [2.24, 2.45) is 0 Å². The van der Waals surface area contributed by atoms with E-state index in [9.17, 15) is 4.79 Å². The van der Waals surface area contributed by atoms with Crippen LogP contribution >= 0.6 is 0 Å². The summed E-state index contributed by atoms with van der Waals surface area (Å²) in [6.45, 7) is 3.92. The first-order valence-corrected chi connectivity index (χ1v) is 3.43. The molecule has 2 nitrogen and oxygen atoms in total. The van der Waals surface area contributed by atoms with Crippen molar-refractivity contribution < 1.29 is 4.79 Å². The minimum Gasteiger partial charge on any atom is -0.342 e. The van der Waals surface area contributed by atoms with Crippen molar-refractivity contribution in [3.63, 3.8) is 0 Å². The second kappa shape index (κ2) is 3.94. The van der Waals surface area contributed by atoms with Crippen LogP contribution in [0.1, 0.15) is 26.7 Å². The number of rotatable bonds is 4. The molecule has 0 radical (unpaired) electrons. The molecule has 10 heavy (non-hydrogen) atoms. The summed E-state index contributed by atoms with van der Waals surface area (Å²) in [6.07, 6.45) is 7.46. The Bertz CT molecular complexity index is 142. The van der Waals surface area contributed by atoms with Crippen LogP contribution in [0.2, 0.25) is 0 Å². The zero-order chi connectivity index (χ0) is 8.04. The zero-order valence-electron chi connectivity index (χ0n) is 6.48. The van der Waals surface area contributed by atoms with Gasteiger partial charge in [0, 0.05) is 0 Å². The van der Waals surface area contributed by atoms with Crippen LogP contribution in [-0.2, 0) is 4.79 Å². The Morgan fingerprint density at radius 2 is 2.10 bits per heavy atom. The van der Waals surface area contributed by atoms with Gasteiger partial charge in [-0.25, -0.2) is 0 Å². The van der Waals surface area contributed by atoms with Crippen molar-refractivity contribution >= 4 is 6.41 Å². The highest BCUT2D eigenvalue weighted by Gasteiger charge is 2.20. The van der Waals surface area contributed by atoms with E-state index in [1.54, 1.807) is 0 Å². The number of nitrogens with one attached hydrogen (secondary N) is 1. The number of hydrogen-bond donors (Lipinski definition) is 1. The summed E-state index contributed by atoms with van der Waals surface area (Å²) in [5, 5.41) is 2.63. The lowest BCUT2D eigenvalue weighted by Crippen LogP contribution is -2.41. The van der Waals surface area contributed by atoms with Crippen molar-refractivity contribution in [3.8, 4) is 12.3 Å². The molecule has 0 bridgehead atoms. The summed E-state index contributed by atoms with van der Waals surface area (Å²) in [5.41, 5.74) is -0.415. The molecule has 0 aliphatic carbocycles. The average molecular weight is 139 g/mol. The maximum Gasteiger partial charge on any atom is 0.208 e. The predicted octanol–water partition coefficient (Wildman–Crippen LogP) is 0.924. The lowest BCUT2D eigenvalue weighted by atomic mass is 9.94. The first kappa shape index (κ1) is 9.03. The smallest absolute Gasteiger partial charge is 0.208 e. The van der Waals surface area contributed by atoms with Gasteiger partial charge in [0.2, 0.25) is 6.41 Å². The van der Waals surface area contributed by atoms with Gasteiger partial charge < -0.3 is 5.32 Å². The van der Waals surface area contributed by atoms with Gasteiger partial charge in [0.05, 0.1) is 5.54 Å². The van der Waals surface area contributed by atoms with E-state index in [2.05, 4.69) is 11.2 Å². The van der Waals surface area contributed by atoms with Gasteiger partial charge in [-0.15, -0.1) is 6.42 Å². The predicted molar refractivity (Wildman–Crippen MR) is 41.3 cm³/mol. The Hall–Kier alpha value is -0.970. The van der Waals surface area contributed by atoms with Crippen LogP contribution in [0.5, 0.6) is 0 Å². The maximum atomic E-state index is 10.1. The standard InChI is InChI=1S/C8H13NO/c1-4-8(5-2,6-3)9-7-10/h1,7H,5-6H2,2-3H3,(H,9,10). The quantitative estimate of drug-likeness (QED) is 0.455. The van der Waals surface area contributed by atoms with Gasteiger partial charge in [0.15, 0.2) is 0 Å². The molecule has 0 saturated heterocycles. The molecular formula is C8H13NO. The van der Waals surface area contributed by atoms with Crippen LogP contribution < -0.4 is 5.32 Å². The van der Waals surface area contributed by atoms with Crippen LogP contribution in [0.25, 0.3) is 0 Å². The SMILES string of the molecule is C#CC(CC)(CC)NC=O. The highest BCUT2D eigenvalue weighted by molar-refractivity contribution is 5.49. The van der Waals surface area contributed by atoms with Gasteiger partial charge in [-0.3, -0.25) is 4.79 Å². The van der Waals surface area contributed by atoms with E-state index in [-0.39, 0.29) is 0 Å². The highest BCUT2D eigenvalue weighted by Crippen LogP contribution is 2.11. The topological polar surface area (TPSA) is 29.1 Å². The van der Waals surface area contributed by atoms with Crippen LogP contribution in [0, 0.1) is 12.3 Å². The molecule has 0 aromatic rings. The molecule has 56 valence electrons. The fraction of sp³-hybridized carbons (Fsp3) is 0.625. The van der Waals surface area contributed by atoms with Crippen molar-refractivity contribution in [1.29, 1.82) is 0 Å². The molecule has 0 fully saturated rings. The molecular weight excluding hydrogens is 126 g/mol. The van der Waals surface area contributed by atoms with Crippen molar-refractivity contribution in [2.75, 3.05) is 0 Å². The Morgan fingerprint density at radius 3 is 2.20 bits per heavy atom. The lowest BCUT2D eigenvalue weighted by molar-refractivity contribution is -0.110. The molecule has 0 aliphatic heterocycles. The number of hydrogen-bond acceptors (Lipinski definition) is 1. The first-order valence-electron chi connectivity index (χ1n) is 3.43. The molecule has 0 atom stereocenters. The molecule has 0 rings (SSSR count). The van der Waals surface area contributed by atoms with Crippen LogP contribution in [0.4, 0.5) is 0 Å². The minimum absolute atomic E-state index is 0.415. The van der Waals surface area contributed by atoms with Crippen LogP contribution in [-0.4, -0.2) is 11.9 Å². The third-order valence-electron chi connectivity index (χ3n) is 1.82. The lowest BCUT2D eigenvalue weighted by Gasteiger charge is -2.23. The molecule has 0 unspecified atom stereocenters. The summed E-state index contributed by atoms with van der Waals surface area (Å²) in [4.78, 5) is 10.1. The molecule has 1 amide bonds. The Balaban J connectivity index is 4.18. The summed E-state index contributed by atoms with van der Waals surface area (Å²) < 4.78 is 0. The summed E-state index contributed by atoms with van der Waals surface area (Å²) >= 11 is 0.